The first kappa shape index (κ1) is 24.5. The van der Waals surface area contributed by atoms with Gasteiger partial charge in [0.25, 0.3) is 0 Å². The highest BCUT2D eigenvalue weighted by atomic mass is 16.5. The van der Waals surface area contributed by atoms with Gasteiger partial charge < -0.3 is 9.47 Å². The second kappa shape index (κ2) is 11.7. The Morgan fingerprint density at radius 3 is 2.32 bits per heavy atom. The number of nitrogens with zero attached hydrogens (tertiary/aromatic N) is 2. The molecule has 4 aromatic rings. The van der Waals surface area contributed by atoms with Gasteiger partial charge >= 0.3 is 0 Å². The minimum absolute atomic E-state index is 0.144. The van der Waals surface area contributed by atoms with E-state index in [1.807, 2.05) is 24.3 Å². The predicted octanol–water partition coefficient (Wildman–Crippen LogP) is 6.58. The Morgan fingerprint density at radius 1 is 0.763 bits per heavy atom. The quantitative estimate of drug-likeness (QED) is 0.285. The fraction of sp³-hybridized carbons (Fsp3) is 0.235. The molecule has 192 valence electrons. The number of fused-ring (bicyclic) bond motifs is 2. The molecule has 2 heterocycles. The molecule has 1 unspecified atom stereocenters. The maximum atomic E-state index is 6.33. The monoisotopic (exact) mass is 502 g/mol. The molecule has 0 N–H and O–H groups in total. The Morgan fingerprint density at radius 2 is 1.50 bits per heavy atom. The molecule has 0 amide bonds. The second-order valence-electron chi connectivity index (χ2n) is 10.0. The van der Waals surface area contributed by atoms with Crippen LogP contribution < -0.4 is 9.47 Å². The summed E-state index contributed by atoms with van der Waals surface area (Å²) in [5.41, 5.74) is 6.21. The Bertz CT molecular complexity index is 1360. The molecule has 0 aromatic heterocycles. The van der Waals surface area contributed by atoms with Crippen molar-refractivity contribution in [1.82, 2.24) is 9.80 Å². The maximum absolute atomic E-state index is 6.33. The van der Waals surface area contributed by atoms with E-state index < -0.39 is 0 Å². The normalized spacial score (nSPS) is 17.8. The molecule has 0 saturated carbocycles. The highest BCUT2D eigenvalue weighted by molar-refractivity contribution is 5.50. The summed E-state index contributed by atoms with van der Waals surface area (Å²) in [6, 6.07) is 36.0. The molecule has 1 atom stereocenters. The van der Waals surface area contributed by atoms with Gasteiger partial charge in [-0.1, -0.05) is 97.1 Å². The summed E-state index contributed by atoms with van der Waals surface area (Å²) < 4.78 is 12.6. The molecular formula is C34H34N2O2. The standard InChI is InChI=1S/C34H34N2O2/c1-3-10-27(11-4-1)14-9-19-35-20-22-36(23-21-35)34-31-16-8-7-15-29(31)26-38-33-18-17-30(24-32(33)34)37-25-28-12-5-2-6-13-28/h1-18,24,34H,19-23,25-26H2/b14-9+. The van der Waals surface area contributed by atoms with Crippen LogP contribution in [0.25, 0.3) is 6.08 Å². The van der Waals surface area contributed by atoms with E-state index in [1.165, 1.54) is 22.3 Å². The van der Waals surface area contributed by atoms with Gasteiger partial charge in [-0.25, -0.2) is 0 Å². The third kappa shape index (κ3) is 5.67. The van der Waals surface area contributed by atoms with E-state index in [0.717, 1.165) is 49.8 Å². The van der Waals surface area contributed by atoms with Crippen LogP contribution in [-0.4, -0.2) is 42.5 Å². The first-order chi connectivity index (χ1) is 18.8. The molecule has 1 fully saturated rings. The number of benzene rings is 4. The Balaban J connectivity index is 1.20. The van der Waals surface area contributed by atoms with E-state index in [2.05, 4.69) is 101 Å². The summed E-state index contributed by atoms with van der Waals surface area (Å²) in [7, 11) is 0. The SMILES string of the molecule is C(=C\c1ccccc1)/CN1CCN(C2c3ccccc3COc3ccc(OCc4ccccc4)cc32)CC1. The number of hydrogen-bond acceptors (Lipinski definition) is 4. The smallest absolute Gasteiger partial charge is 0.125 e. The molecule has 6 rings (SSSR count). The molecular weight excluding hydrogens is 468 g/mol. The van der Waals surface area contributed by atoms with Crippen LogP contribution in [0, 0.1) is 0 Å². The van der Waals surface area contributed by atoms with Crippen LogP contribution in [0.5, 0.6) is 11.5 Å². The third-order valence-electron chi connectivity index (χ3n) is 7.50. The summed E-state index contributed by atoms with van der Waals surface area (Å²) >= 11 is 0. The molecule has 0 radical (unpaired) electrons. The van der Waals surface area contributed by atoms with Gasteiger partial charge in [0.15, 0.2) is 0 Å². The lowest BCUT2D eigenvalue weighted by Gasteiger charge is -2.39. The fourth-order valence-electron chi connectivity index (χ4n) is 5.46. The third-order valence-corrected chi connectivity index (χ3v) is 7.50. The molecule has 0 bridgehead atoms. The van der Waals surface area contributed by atoms with Crippen molar-refractivity contribution in [2.75, 3.05) is 32.7 Å². The fourth-order valence-corrected chi connectivity index (χ4v) is 5.46. The molecule has 4 nitrogen and oxygen atoms in total. The highest BCUT2D eigenvalue weighted by Gasteiger charge is 2.32. The van der Waals surface area contributed by atoms with E-state index in [1.54, 1.807) is 0 Å². The number of hydrogen-bond donors (Lipinski definition) is 0. The van der Waals surface area contributed by atoms with Gasteiger partial charge in [0, 0.05) is 38.3 Å². The van der Waals surface area contributed by atoms with Crippen molar-refractivity contribution in [3.63, 3.8) is 0 Å². The van der Waals surface area contributed by atoms with Gasteiger partial charge in [-0.3, -0.25) is 9.80 Å². The average Bonchev–Trinajstić information content (AvgIpc) is 3.14. The first-order valence-corrected chi connectivity index (χ1v) is 13.5. The molecule has 1 saturated heterocycles. The van der Waals surface area contributed by atoms with E-state index in [-0.39, 0.29) is 6.04 Å². The zero-order valence-corrected chi connectivity index (χ0v) is 21.7. The lowest BCUT2D eigenvalue weighted by molar-refractivity contribution is 0.117. The topological polar surface area (TPSA) is 24.9 Å². The summed E-state index contributed by atoms with van der Waals surface area (Å²) in [4.78, 5) is 5.15. The van der Waals surface area contributed by atoms with Crippen molar-refractivity contribution in [3.05, 3.63) is 137 Å². The number of piperazine rings is 1. The minimum Gasteiger partial charge on any atom is -0.489 e. The van der Waals surface area contributed by atoms with Crippen LogP contribution in [0.1, 0.15) is 33.9 Å². The Hall–Kier alpha value is -3.86. The van der Waals surface area contributed by atoms with Gasteiger partial charge in [0.05, 0.1) is 6.04 Å². The van der Waals surface area contributed by atoms with Crippen molar-refractivity contribution in [2.45, 2.75) is 19.3 Å². The van der Waals surface area contributed by atoms with Gasteiger partial charge in [0.1, 0.15) is 24.7 Å². The van der Waals surface area contributed by atoms with Crippen LogP contribution in [-0.2, 0) is 13.2 Å². The van der Waals surface area contributed by atoms with Gasteiger partial charge in [0.2, 0.25) is 0 Å². The summed E-state index contributed by atoms with van der Waals surface area (Å²) in [6.07, 6.45) is 4.50. The lowest BCUT2D eigenvalue weighted by Crippen LogP contribution is -2.47. The number of rotatable bonds is 7. The molecule has 4 aromatic carbocycles. The molecule has 2 aliphatic heterocycles. The molecule has 0 spiro atoms. The zero-order valence-electron chi connectivity index (χ0n) is 21.7. The summed E-state index contributed by atoms with van der Waals surface area (Å²) in [5.74, 6) is 1.83. The largest absolute Gasteiger partial charge is 0.489 e. The first-order valence-electron chi connectivity index (χ1n) is 13.5. The number of ether oxygens (including phenoxy) is 2. The van der Waals surface area contributed by atoms with Crippen molar-refractivity contribution < 1.29 is 9.47 Å². The Kier molecular flexibility index (Phi) is 7.52. The van der Waals surface area contributed by atoms with E-state index in [9.17, 15) is 0 Å². The van der Waals surface area contributed by atoms with Gasteiger partial charge in [-0.2, -0.15) is 0 Å². The molecule has 0 aliphatic carbocycles. The molecule has 38 heavy (non-hydrogen) atoms. The minimum atomic E-state index is 0.144. The van der Waals surface area contributed by atoms with Crippen LogP contribution in [0.15, 0.2) is 109 Å². The zero-order chi connectivity index (χ0) is 25.6. The van der Waals surface area contributed by atoms with Crippen molar-refractivity contribution in [2.24, 2.45) is 0 Å². The van der Waals surface area contributed by atoms with Crippen LogP contribution >= 0.6 is 0 Å². The second-order valence-corrected chi connectivity index (χ2v) is 10.0. The van der Waals surface area contributed by atoms with E-state index >= 15 is 0 Å². The van der Waals surface area contributed by atoms with Crippen LogP contribution in [0.3, 0.4) is 0 Å². The van der Waals surface area contributed by atoms with Crippen molar-refractivity contribution in [3.8, 4) is 11.5 Å². The Labute approximate surface area is 225 Å². The summed E-state index contributed by atoms with van der Waals surface area (Å²) in [6.45, 7) is 6.21. The lowest BCUT2D eigenvalue weighted by atomic mass is 9.93. The van der Waals surface area contributed by atoms with Crippen LogP contribution in [0.2, 0.25) is 0 Å². The van der Waals surface area contributed by atoms with Crippen molar-refractivity contribution >= 4 is 6.08 Å². The van der Waals surface area contributed by atoms with Crippen LogP contribution in [0.4, 0.5) is 0 Å². The highest BCUT2D eigenvalue weighted by Crippen LogP contribution is 2.41. The maximum Gasteiger partial charge on any atom is 0.125 e. The van der Waals surface area contributed by atoms with Gasteiger partial charge in [-0.15, -0.1) is 0 Å². The average molecular weight is 503 g/mol. The van der Waals surface area contributed by atoms with E-state index in [4.69, 9.17) is 9.47 Å². The summed E-state index contributed by atoms with van der Waals surface area (Å²) in [5, 5.41) is 0. The van der Waals surface area contributed by atoms with Crippen molar-refractivity contribution in [1.29, 1.82) is 0 Å². The predicted molar refractivity (Wildman–Crippen MR) is 153 cm³/mol. The molecule has 2 aliphatic rings. The molecule has 4 heteroatoms. The van der Waals surface area contributed by atoms with Gasteiger partial charge in [-0.05, 0) is 40.5 Å². The van der Waals surface area contributed by atoms with E-state index in [0.29, 0.717) is 13.2 Å².